The minimum absolute atomic E-state index is 0.149. The van der Waals surface area contributed by atoms with Crippen molar-refractivity contribution in [3.05, 3.63) is 83.9 Å². The van der Waals surface area contributed by atoms with E-state index in [9.17, 15) is 9.59 Å². The van der Waals surface area contributed by atoms with Crippen molar-refractivity contribution in [1.29, 1.82) is 0 Å². The molecule has 1 atom stereocenters. The van der Waals surface area contributed by atoms with E-state index in [1.807, 2.05) is 61.5 Å². The average Bonchev–Trinajstić information content (AvgIpc) is 2.75. The first-order valence-electron chi connectivity index (χ1n) is 9.80. The van der Waals surface area contributed by atoms with Crippen LogP contribution in [0.2, 0.25) is 0 Å². The molecule has 0 bridgehead atoms. The third-order valence-electron chi connectivity index (χ3n) is 4.71. The van der Waals surface area contributed by atoms with Crippen LogP contribution in [-0.2, 0) is 16.0 Å². The van der Waals surface area contributed by atoms with Crippen molar-refractivity contribution in [2.75, 3.05) is 17.2 Å². The maximum Gasteiger partial charge on any atom is 0.270 e. The normalized spacial score (nSPS) is 14.8. The van der Waals surface area contributed by atoms with Gasteiger partial charge in [0.15, 0.2) is 0 Å². The van der Waals surface area contributed by atoms with Gasteiger partial charge < -0.3 is 20.1 Å². The molecular weight excluding hydrogens is 380 g/mol. The van der Waals surface area contributed by atoms with E-state index >= 15 is 0 Å². The van der Waals surface area contributed by atoms with Gasteiger partial charge >= 0.3 is 0 Å². The lowest BCUT2D eigenvalue weighted by Crippen LogP contribution is -2.30. The summed E-state index contributed by atoms with van der Waals surface area (Å²) in [5.74, 6) is 0.949. The number of ether oxygens (including phenoxy) is 2. The summed E-state index contributed by atoms with van der Waals surface area (Å²) in [6.07, 6.45) is -0.457. The number of carbonyl (C=O) groups excluding carboxylic acids is 2. The Morgan fingerprint density at radius 3 is 2.57 bits per heavy atom. The number of hydrogen-bond acceptors (Lipinski definition) is 4. The number of hydrogen-bond donors (Lipinski definition) is 2. The highest BCUT2D eigenvalue weighted by Crippen LogP contribution is 2.36. The Hall–Kier alpha value is -3.80. The monoisotopic (exact) mass is 402 g/mol. The summed E-state index contributed by atoms with van der Waals surface area (Å²) in [5, 5.41) is 5.72. The fourth-order valence-electron chi connectivity index (χ4n) is 3.29. The summed E-state index contributed by atoms with van der Waals surface area (Å²) in [6, 6.07) is 22.0. The first-order chi connectivity index (χ1) is 14.6. The van der Waals surface area contributed by atoms with Crippen LogP contribution in [0.15, 0.2) is 72.8 Å². The Labute approximate surface area is 174 Å². The molecule has 4 rings (SSSR count). The van der Waals surface area contributed by atoms with Gasteiger partial charge in [0.05, 0.1) is 18.7 Å². The van der Waals surface area contributed by atoms with Crippen molar-refractivity contribution < 1.29 is 19.1 Å². The zero-order valence-corrected chi connectivity index (χ0v) is 16.6. The van der Waals surface area contributed by atoms with Crippen LogP contribution in [-0.4, -0.2) is 18.4 Å². The second kappa shape index (κ2) is 8.69. The van der Waals surface area contributed by atoms with Crippen molar-refractivity contribution in [2.24, 2.45) is 0 Å². The van der Waals surface area contributed by atoms with Gasteiger partial charge in [0, 0.05) is 11.3 Å². The van der Waals surface area contributed by atoms with Gasteiger partial charge in [-0.05, 0) is 42.8 Å². The van der Waals surface area contributed by atoms with Gasteiger partial charge in [-0.2, -0.15) is 0 Å². The molecule has 152 valence electrons. The van der Waals surface area contributed by atoms with Gasteiger partial charge in [0.25, 0.3) is 5.91 Å². The van der Waals surface area contributed by atoms with Gasteiger partial charge in [-0.1, -0.05) is 42.5 Å². The van der Waals surface area contributed by atoms with Crippen LogP contribution >= 0.6 is 0 Å². The van der Waals surface area contributed by atoms with E-state index in [0.717, 1.165) is 16.9 Å². The Balaban J connectivity index is 1.41. The summed E-state index contributed by atoms with van der Waals surface area (Å²) < 4.78 is 11.3. The SMILES string of the molecule is CCOc1ccc(CC(=O)Nc2ccc3c(c2)NC(=O)C(c2ccccc2)O3)cc1. The summed E-state index contributed by atoms with van der Waals surface area (Å²) >= 11 is 0. The van der Waals surface area contributed by atoms with Gasteiger partial charge in [-0.25, -0.2) is 0 Å². The number of fused-ring (bicyclic) bond motifs is 1. The second-order valence-corrected chi connectivity index (χ2v) is 6.91. The zero-order valence-electron chi connectivity index (χ0n) is 16.6. The Morgan fingerprint density at radius 1 is 1.07 bits per heavy atom. The summed E-state index contributed by atoms with van der Waals surface area (Å²) in [5.41, 5.74) is 2.79. The summed E-state index contributed by atoms with van der Waals surface area (Å²) in [6.45, 7) is 2.53. The van der Waals surface area contributed by atoms with Crippen molar-refractivity contribution >= 4 is 23.2 Å². The molecule has 0 aromatic heterocycles. The van der Waals surface area contributed by atoms with Crippen LogP contribution in [0.4, 0.5) is 11.4 Å². The lowest BCUT2D eigenvalue weighted by atomic mass is 10.1. The van der Waals surface area contributed by atoms with Crippen molar-refractivity contribution in [1.82, 2.24) is 0 Å². The number of anilines is 2. The molecule has 0 aliphatic carbocycles. The van der Waals surface area contributed by atoms with Crippen LogP contribution in [0.1, 0.15) is 24.2 Å². The van der Waals surface area contributed by atoms with Crippen LogP contribution in [0.25, 0.3) is 0 Å². The maximum absolute atomic E-state index is 12.5. The molecule has 0 saturated carbocycles. The lowest BCUT2D eigenvalue weighted by molar-refractivity contribution is -0.123. The molecule has 2 amide bonds. The van der Waals surface area contributed by atoms with Gasteiger partial charge in [-0.15, -0.1) is 0 Å². The number of nitrogens with one attached hydrogen (secondary N) is 2. The fourth-order valence-corrected chi connectivity index (χ4v) is 3.29. The van der Waals surface area contributed by atoms with E-state index in [2.05, 4.69) is 10.6 Å². The number of rotatable bonds is 6. The van der Waals surface area contributed by atoms with Crippen LogP contribution < -0.4 is 20.1 Å². The zero-order chi connectivity index (χ0) is 20.9. The Kier molecular flexibility index (Phi) is 5.66. The number of benzene rings is 3. The van der Waals surface area contributed by atoms with Crippen molar-refractivity contribution in [2.45, 2.75) is 19.4 Å². The third-order valence-corrected chi connectivity index (χ3v) is 4.71. The smallest absolute Gasteiger partial charge is 0.270 e. The number of carbonyl (C=O) groups is 2. The number of amides is 2. The molecule has 0 fully saturated rings. The minimum Gasteiger partial charge on any atom is -0.494 e. The Morgan fingerprint density at radius 2 is 1.83 bits per heavy atom. The van der Waals surface area contributed by atoms with Gasteiger partial charge in [0.2, 0.25) is 12.0 Å². The molecule has 0 saturated heterocycles. The molecule has 0 radical (unpaired) electrons. The molecule has 1 heterocycles. The van der Waals surface area contributed by atoms with Gasteiger partial charge in [-0.3, -0.25) is 9.59 Å². The Bertz CT molecular complexity index is 1050. The standard InChI is InChI=1S/C24H22N2O4/c1-2-29-19-11-8-16(9-12-19)14-22(27)25-18-10-13-21-20(15-18)26-24(28)23(30-21)17-6-4-3-5-7-17/h3-13,15,23H,2,14H2,1H3,(H,25,27)(H,26,28). The molecule has 6 nitrogen and oxygen atoms in total. The highest BCUT2D eigenvalue weighted by Gasteiger charge is 2.29. The molecule has 2 N–H and O–H groups in total. The molecule has 3 aromatic rings. The van der Waals surface area contributed by atoms with Gasteiger partial charge in [0.1, 0.15) is 11.5 Å². The molecule has 30 heavy (non-hydrogen) atoms. The van der Waals surface area contributed by atoms with Crippen LogP contribution in [0.3, 0.4) is 0 Å². The van der Waals surface area contributed by atoms with Crippen molar-refractivity contribution in [3.63, 3.8) is 0 Å². The molecule has 6 heteroatoms. The highest BCUT2D eigenvalue weighted by atomic mass is 16.5. The fraction of sp³-hybridized carbons (Fsp3) is 0.167. The summed E-state index contributed by atoms with van der Waals surface area (Å²) in [4.78, 5) is 24.9. The van der Waals surface area contributed by atoms with E-state index in [1.54, 1.807) is 18.2 Å². The molecule has 1 unspecified atom stereocenters. The van der Waals surface area contributed by atoms with Crippen LogP contribution in [0.5, 0.6) is 11.5 Å². The largest absolute Gasteiger partial charge is 0.494 e. The van der Waals surface area contributed by atoms with Crippen molar-refractivity contribution in [3.8, 4) is 11.5 Å². The van der Waals surface area contributed by atoms with E-state index < -0.39 is 6.10 Å². The first-order valence-corrected chi connectivity index (χ1v) is 9.80. The average molecular weight is 402 g/mol. The predicted octanol–water partition coefficient (Wildman–Crippen LogP) is 4.34. The maximum atomic E-state index is 12.5. The highest BCUT2D eigenvalue weighted by molar-refractivity contribution is 6.00. The lowest BCUT2D eigenvalue weighted by Gasteiger charge is -2.26. The topological polar surface area (TPSA) is 76.7 Å². The van der Waals surface area contributed by atoms with E-state index in [4.69, 9.17) is 9.47 Å². The first kappa shape index (κ1) is 19.5. The molecule has 1 aliphatic heterocycles. The quantitative estimate of drug-likeness (QED) is 0.643. The van der Waals surface area contributed by atoms with E-state index in [-0.39, 0.29) is 18.2 Å². The summed E-state index contributed by atoms with van der Waals surface area (Å²) in [7, 11) is 0. The minimum atomic E-state index is -0.696. The molecule has 0 spiro atoms. The molecule has 3 aromatic carbocycles. The molecular formula is C24H22N2O4. The van der Waals surface area contributed by atoms with E-state index in [0.29, 0.717) is 23.7 Å². The van der Waals surface area contributed by atoms with E-state index in [1.165, 1.54) is 0 Å². The second-order valence-electron chi connectivity index (χ2n) is 6.91. The molecule has 1 aliphatic rings. The predicted molar refractivity (Wildman–Crippen MR) is 115 cm³/mol. The third kappa shape index (κ3) is 4.43. The van der Waals surface area contributed by atoms with Crippen LogP contribution in [0, 0.1) is 0 Å².